The fourth-order valence-electron chi connectivity index (χ4n) is 1.72. The standard InChI is InChI=1S/C11H14N2O3/c1-13(2)8-5-10-9(15-6-16-10)3-7(8)4-11(12)14/h3,5H,4,6H2,1-2H3,(H2,12,14). The first-order valence-corrected chi connectivity index (χ1v) is 4.96. The van der Waals surface area contributed by atoms with Crippen molar-refractivity contribution >= 4 is 11.6 Å². The van der Waals surface area contributed by atoms with Gasteiger partial charge in [0.25, 0.3) is 0 Å². The fraction of sp³-hybridized carbons (Fsp3) is 0.364. The highest BCUT2D eigenvalue weighted by molar-refractivity contribution is 5.79. The number of nitrogens with zero attached hydrogens (tertiary/aromatic N) is 1. The second-order valence-electron chi connectivity index (χ2n) is 3.87. The maximum atomic E-state index is 11.0. The predicted molar refractivity (Wildman–Crippen MR) is 59.8 cm³/mol. The Labute approximate surface area is 93.7 Å². The smallest absolute Gasteiger partial charge is 0.231 e. The lowest BCUT2D eigenvalue weighted by atomic mass is 10.1. The van der Waals surface area contributed by atoms with Crippen LogP contribution in [0.4, 0.5) is 5.69 Å². The highest BCUT2D eigenvalue weighted by atomic mass is 16.7. The maximum absolute atomic E-state index is 11.0. The van der Waals surface area contributed by atoms with Crippen LogP contribution in [0.25, 0.3) is 0 Å². The van der Waals surface area contributed by atoms with Gasteiger partial charge < -0.3 is 20.1 Å². The minimum absolute atomic E-state index is 0.199. The number of anilines is 1. The van der Waals surface area contributed by atoms with Crippen molar-refractivity contribution in [1.82, 2.24) is 0 Å². The Morgan fingerprint density at radius 2 is 2.00 bits per heavy atom. The summed E-state index contributed by atoms with van der Waals surface area (Å²) in [5.41, 5.74) is 6.98. The number of carbonyl (C=O) groups excluding carboxylic acids is 1. The normalized spacial score (nSPS) is 12.6. The van der Waals surface area contributed by atoms with E-state index in [1.807, 2.05) is 31.1 Å². The molecule has 2 rings (SSSR count). The van der Waals surface area contributed by atoms with Gasteiger partial charge in [-0.15, -0.1) is 0 Å². The summed E-state index contributed by atoms with van der Waals surface area (Å²) >= 11 is 0. The van der Waals surface area contributed by atoms with Gasteiger partial charge in [-0.1, -0.05) is 0 Å². The molecule has 0 saturated heterocycles. The van der Waals surface area contributed by atoms with Crippen molar-refractivity contribution in [3.05, 3.63) is 17.7 Å². The summed E-state index contributed by atoms with van der Waals surface area (Å²) in [6, 6.07) is 3.67. The molecule has 0 fully saturated rings. The number of rotatable bonds is 3. The number of hydrogen-bond acceptors (Lipinski definition) is 4. The van der Waals surface area contributed by atoms with Gasteiger partial charge in [0.15, 0.2) is 11.5 Å². The van der Waals surface area contributed by atoms with Gasteiger partial charge in [-0.3, -0.25) is 4.79 Å². The Morgan fingerprint density at radius 1 is 1.38 bits per heavy atom. The Hall–Kier alpha value is -1.91. The number of hydrogen-bond donors (Lipinski definition) is 1. The number of primary amides is 1. The molecule has 0 radical (unpaired) electrons. The molecule has 0 atom stereocenters. The molecule has 0 aromatic heterocycles. The molecule has 86 valence electrons. The Balaban J connectivity index is 2.44. The monoisotopic (exact) mass is 222 g/mol. The highest BCUT2D eigenvalue weighted by Gasteiger charge is 2.18. The first kappa shape index (κ1) is 10.6. The molecule has 0 bridgehead atoms. The molecular weight excluding hydrogens is 208 g/mol. The number of nitrogens with two attached hydrogens (primary N) is 1. The molecule has 5 heteroatoms. The summed E-state index contributed by atoms with van der Waals surface area (Å²) in [7, 11) is 3.81. The van der Waals surface area contributed by atoms with E-state index in [-0.39, 0.29) is 19.1 Å². The largest absolute Gasteiger partial charge is 0.454 e. The van der Waals surface area contributed by atoms with Crippen LogP contribution >= 0.6 is 0 Å². The molecule has 2 N–H and O–H groups in total. The molecule has 1 amide bonds. The molecule has 1 aliphatic heterocycles. The van der Waals surface area contributed by atoms with Crippen molar-refractivity contribution in [1.29, 1.82) is 0 Å². The molecule has 0 spiro atoms. The second kappa shape index (κ2) is 3.92. The van der Waals surface area contributed by atoms with Crippen LogP contribution in [0, 0.1) is 0 Å². The van der Waals surface area contributed by atoms with Crippen molar-refractivity contribution in [3.63, 3.8) is 0 Å². The van der Waals surface area contributed by atoms with E-state index in [2.05, 4.69) is 0 Å². The Kier molecular flexibility index (Phi) is 2.60. The third-order valence-corrected chi connectivity index (χ3v) is 2.42. The van der Waals surface area contributed by atoms with Gasteiger partial charge in [0, 0.05) is 25.8 Å². The second-order valence-corrected chi connectivity index (χ2v) is 3.87. The van der Waals surface area contributed by atoms with Gasteiger partial charge in [0.2, 0.25) is 12.7 Å². The minimum Gasteiger partial charge on any atom is -0.454 e. The van der Waals surface area contributed by atoms with Crippen molar-refractivity contribution in [3.8, 4) is 11.5 Å². The number of ether oxygens (including phenoxy) is 2. The zero-order valence-electron chi connectivity index (χ0n) is 9.32. The van der Waals surface area contributed by atoms with Crippen LogP contribution in [-0.4, -0.2) is 26.8 Å². The van der Waals surface area contributed by atoms with Crippen LogP contribution in [0.15, 0.2) is 12.1 Å². The predicted octanol–water partition coefficient (Wildman–Crippen LogP) is 0.509. The Bertz CT molecular complexity index is 429. The molecule has 1 aromatic carbocycles. The molecule has 1 heterocycles. The lowest BCUT2D eigenvalue weighted by Gasteiger charge is -2.17. The van der Waals surface area contributed by atoms with Gasteiger partial charge in [-0.25, -0.2) is 0 Å². The average Bonchev–Trinajstić information content (AvgIpc) is 2.62. The van der Waals surface area contributed by atoms with Crippen LogP contribution in [0.5, 0.6) is 11.5 Å². The number of benzene rings is 1. The zero-order chi connectivity index (χ0) is 11.7. The van der Waals surface area contributed by atoms with Gasteiger partial charge >= 0.3 is 0 Å². The van der Waals surface area contributed by atoms with Crippen LogP contribution in [0.3, 0.4) is 0 Å². The quantitative estimate of drug-likeness (QED) is 0.809. The molecule has 1 aliphatic rings. The van der Waals surface area contributed by atoms with Gasteiger partial charge in [0.1, 0.15) is 0 Å². The maximum Gasteiger partial charge on any atom is 0.231 e. The van der Waals surface area contributed by atoms with Crippen LogP contribution in [0.1, 0.15) is 5.56 Å². The van der Waals surface area contributed by atoms with E-state index in [1.54, 1.807) is 0 Å². The van der Waals surface area contributed by atoms with E-state index in [9.17, 15) is 4.79 Å². The van der Waals surface area contributed by atoms with Gasteiger partial charge in [0.05, 0.1) is 6.42 Å². The van der Waals surface area contributed by atoms with E-state index < -0.39 is 0 Å². The summed E-state index contributed by atoms with van der Waals surface area (Å²) < 4.78 is 10.5. The summed E-state index contributed by atoms with van der Waals surface area (Å²) in [6.45, 7) is 0.224. The molecule has 0 saturated carbocycles. The van der Waals surface area contributed by atoms with E-state index in [0.717, 1.165) is 11.3 Å². The molecule has 1 aromatic rings. The topological polar surface area (TPSA) is 64.8 Å². The summed E-state index contributed by atoms with van der Waals surface area (Å²) in [4.78, 5) is 12.9. The zero-order valence-corrected chi connectivity index (χ0v) is 9.32. The summed E-state index contributed by atoms with van der Waals surface area (Å²) in [6.07, 6.45) is 0.199. The number of carbonyl (C=O) groups is 1. The summed E-state index contributed by atoms with van der Waals surface area (Å²) in [5, 5.41) is 0. The van der Waals surface area contributed by atoms with Crippen molar-refractivity contribution in [2.24, 2.45) is 5.73 Å². The fourth-order valence-corrected chi connectivity index (χ4v) is 1.72. The van der Waals surface area contributed by atoms with E-state index in [4.69, 9.17) is 15.2 Å². The van der Waals surface area contributed by atoms with Gasteiger partial charge in [-0.05, 0) is 11.6 Å². The van der Waals surface area contributed by atoms with Gasteiger partial charge in [-0.2, -0.15) is 0 Å². The first-order chi connectivity index (χ1) is 7.58. The summed E-state index contributed by atoms with van der Waals surface area (Å²) in [5.74, 6) is 1.01. The number of amides is 1. The SMILES string of the molecule is CN(C)c1cc2c(cc1CC(N)=O)OCO2. The molecule has 16 heavy (non-hydrogen) atoms. The van der Waals surface area contributed by atoms with Crippen LogP contribution < -0.4 is 20.1 Å². The molecular formula is C11H14N2O3. The van der Waals surface area contributed by atoms with Crippen molar-refractivity contribution < 1.29 is 14.3 Å². The molecule has 0 unspecified atom stereocenters. The molecule has 0 aliphatic carbocycles. The highest BCUT2D eigenvalue weighted by Crippen LogP contribution is 2.38. The third-order valence-electron chi connectivity index (χ3n) is 2.42. The first-order valence-electron chi connectivity index (χ1n) is 4.96. The molecule has 5 nitrogen and oxygen atoms in total. The third kappa shape index (κ3) is 1.88. The van der Waals surface area contributed by atoms with E-state index in [1.165, 1.54) is 0 Å². The van der Waals surface area contributed by atoms with Crippen LogP contribution in [-0.2, 0) is 11.2 Å². The minimum atomic E-state index is -0.359. The lowest BCUT2D eigenvalue weighted by Crippen LogP contribution is -2.17. The average molecular weight is 222 g/mol. The van der Waals surface area contributed by atoms with E-state index >= 15 is 0 Å². The number of fused-ring (bicyclic) bond motifs is 1. The lowest BCUT2D eigenvalue weighted by molar-refractivity contribution is -0.117. The van der Waals surface area contributed by atoms with E-state index in [0.29, 0.717) is 11.5 Å². The van der Waals surface area contributed by atoms with Crippen molar-refractivity contribution in [2.75, 3.05) is 25.8 Å². The Morgan fingerprint density at radius 3 is 2.56 bits per heavy atom. The van der Waals surface area contributed by atoms with Crippen LogP contribution in [0.2, 0.25) is 0 Å². The van der Waals surface area contributed by atoms with Crippen molar-refractivity contribution in [2.45, 2.75) is 6.42 Å².